The molecule has 1 aromatic carbocycles. The lowest BCUT2D eigenvalue weighted by Gasteiger charge is -2.56. The summed E-state index contributed by atoms with van der Waals surface area (Å²) in [5.74, 6) is 2.58. The first-order chi connectivity index (χ1) is 16.0. The van der Waals surface area contributed by atoms with E-state index in [9.17, 15) is 9.59 Å². The van der Waals surface area contributed by atoms with Crippen LogP contribution in [-0.4, -0.2) is 47.3 Å². The molecule has 1 saturated heterocycles. The van der Waals surface area contributed by atoms with Gasteiger partial charge in [0.1, 0.15) is 6.04 Å². The Morgan fingerprint density at radius 2 is 1.61 bits per heavy atom. The van der Waals surface area contributed by atoms with Gasteiger partial charge >= 0.3 is 0 Å². The van der Waals surface area contributed by atoms with Gasteiger partial charge in [-0.1, -0.05) is 38.1 Å². The molecule has 5 heteroatoms. The maximum absolute atomic E-state index is 13.9. The van der Waals surface area contributed by atoms with Crippen molar-refractivity contribution in [2.24, 2.45) is 23.2 Å². The lowest BCUT2D eigenvalue weighted by atomic mass is 9.49. The molecule has 6 rings (SSSR count). The minimum atomic E-state index is -0.291. The van der Waals surface area contributed by atoms with Crippen molar-refractivity contribution in [3.8, 4) is 0 Å². The van der Waals surface area contributed by atoms with Crippen LogP contribution in [0, 0.1) is 23.2 Å². The Hall–Kier alpha value is -1.88. The zero-order valence-electron chi connectivity index (χ0n) is 20.5. The summed E-state index contributed by atoms with van der Waals surface area (Å²) < 4.78 is 0. The molecule has 5 nitrogen and oxygen atoms in total. The molecule has 0 aromatic heterocycles. The van der Waals surface area contributed by atoms with Gasteiger partial charge in [0.05, 0.1) is 5.41 Å². The van der Waals surface area contributed by atoms with Gasteiger partial charge in [-0.15, -0.1) is 0 Å². The fourth-order valence-electron chi connectivity index (χ4n) is 7.83. The number of benzene rings is 1. The topological polar surface area (TPSA) is 52.7 Å². The molecule has 5 aliphatic rings. The Balaban J connectivity index is 1.24. The third-order valence-electron chi connectivity index (χ3n) is 9.17. The highest BCUT2D eigenvalue weighted by molar-refractivity contribution is 5.91. The fourth-order valence-corrected chi connectivity index (χ4v) is 7.83. The van der Waals surface area contributed by atoms with Gasteiger partial charge in [0.25, 0.3) is 0 Å². The van der Waals surface area contributed by atoms with E-state index >= 15 is 0 Å². The molecule has 1 aliphatic heterocycles. The minimum Gasteiger partial charge on any atom is -0.350 e. The van der Waals surface area contributed by atoms with Crippen LogP contribution in [0.2, 0.25) is 0 Å². The van der Waals surface area contributed by atoms with E-state index in [-0.39, 0.29) is 17.4 Å². The smallest absolute Gasteiger partial charge is 0.243 e. The second kappa shape index (κ2) is 9.40. The highest BCUT2D eigenvalue weighted by atomic mass is 16.2. The molecule has 0 radical (unpaired) electrons. The van der Waals surface area contributed by atoms with Crippen molar-refractivity contribution >= 4 is 11.8 Å². The summed E-state index contributed by atoms with van der Waals surface area (Å²) in [5.41, 5.74) is 2.29. The van der Waals surface area contributed by atoms with Crippen molar-refractivity contribution in [3.63, 3.8) is 0 Å². The summed E-state index contributed by atoms with van der Waals surface area (Å²) in [4.78, 5) is 31.5. The molecule has 4 saturated carbocycles. The second-order valence-corrected chi connectivity index (χ2v) is 11.3. The molecular weight excluding hydrogens is 410 g/mol. The van der Waals surface area contributed by atoms with Crippen LogP contribution >= 0.6 is 0 Å². The Labute approximate surface area is 199 Å². The number of likely N-dealkylation sites (tertiary alicyclic amines) is 1. The van der Waals surface area contributed by atoms with Crippen LogP contribution in [-0.2, 0) is 22.7 Å². The van der Waals surface area contributed by atoms with E-state index in [2.05, 4.69) is 42.3 Å². The molecule has 1 atom stereocenters. The van der Waals surface area contributed by atoms with Gasteiger partial charge in [0.15, 0.2) is 0 Å². The molecule has 4 bridgehead atoms. The first-order valence-electron chi connectivity index (χ1n) is 13.4. The molecule has 5 fully saturated rings. The van der Waals surface area contributed by atoms with Gasteiger partial charge in [0.2, 0.25) is 11.8 Å². The maximum Gasteiger partial charge on any atom is 0.243 e. The molecule has 1 N–H and O–H groups in total. The molecule has 0 spiro atoms. The average molecular weight is 452 g/mol. The van der Waals surface area contributed by atoms with E-state index in [0.29, 0.717) is 12.5 Å². The van der Waals surface area contributed by atoms with E-state index in [1.54, 1.807) is 0 Å². The Kier molecular flexibility index (Phi) is 6.52. The standard InChI is InChI=1S/C28H41N3O2/c1-3-30(4-2)19-24-9-6-5-8-23(24)18-29-26(32)25-10-7-11-31(25)27(33)28-15-20-12-21(16-28)14-22(13-20)17-28/h5-6,8-9,20-22,25H,3-4,7,10-19H2,1-2H3,(H,29,32). The lowest BCUT2D eigenvalue weighted by molar-refractivity contribution is -0.160. The van der Waals surface area contributed by atoms with E-state index < -0.39 is 0 Å². The van der Waals surface area contributed by atoms with Crippen LogP contribution in [0.5, 0.6) is 0 Å². The summed E-state index contributed by atoms with van der Waals surface area (Å²) in [7, 11) is 0. The summed E-state index contributed by atoms with van der Waals surface area (Å²) in [5, 5.41) is 3.20. The highest BCUT2D eigenvalue weighted by Crippen LogP contribution is 2.60. The quantitative estimate of drug-likeness (QED) is 0.639. The SMILES string of the molecule is CCN(CC)Cc1ccccc1CNC(=O)C1CCCN1C(=O)C12CC3CC(CC(C3)C1)C2. The van der Waals surface area contributed by atoms with Crippen LogP contribution in [0.25, 0.3) is 0 Å². The van der Waals surface area contributed by atoms with Gasteiger partial charge in [-0.25, -0.2) is 0 Å². The molecule has 1 heterocycles. The number of hydrogen-bond donors (Lipinski definition) is 1. The van der Waals surface area contributed by atoms with Crippen LogP contribution in [0.1, 0.15) is 76.3 Å². The van der Waals surface area contributed by atoms with Crippen molar-refractivity contribution in [3.05, 3.63) is 35.4 Å². The first kappa shape index (κ1) is 22.9. The van der Waals surface area contributed by atoms with Crippen LogP contribution in [0.3, 0.4) is 0 Å². The molecule has 180 valence electrons. The molecule has 33 heavy (non-hydrogen) atoms. The van der Waals surface area contributed by atoms with Crippen molar-refractivity contribution in [2.45, 2.75) is 84.3 Å². The van der Waals surface area contributed by atoms with E-state index in [1.807, 2.05) is 11.0 Å². The first-order valence-corrected chi connectivity index (χ1v) is 13.4. The van der Waals surface area contributed by atoms with Crippen LogP contribution in [0.15, 0.2) is 24.3 Å². The van der Waals surface area contributed by atoms with Gasteiger partial charge in [-0.05, 0) is 93.3 Å². The van der Waals surface area contributed by atoms with Crippen molar-refractivity contribution < 1.29 is 9.59 Å². The number of nitrogens with one attached hydrogen (secondary N) is 1. The van der Waals surface area contributed by atoms with Gasteiger partial charge in [0, 0.05) is 19.6 Å². The number of nitrogens with zero attached hydrogens (tertiary/aromatic N) is 2. The van der Waals surface area contributed by atoms with Gasteiger partial charge in [-0.3, -0.25) is 14.5 Å². The van der Waals surface area contributed by atoms with E-state index in [0.717, 1.165) is 76.0 Å². The number of carbonyl (C=O) groups is 2. The number of hydrogen-bond acceptors (Lipinski definition) is 3. The van der Waals surface area contributed by atoms with Crippen LogP contribution in [0.4, 0.5) is 0 Å². The predicted octanol–water partition coefficient (Wildman–Crippen LogP) is 4.35. The maximum atomic E-state index is 13.9. The van der Waals surface area contributed by atoms with Crippen molar-refractivity contribution in [1.82, 2.24) is 15.1 Å². The normalized spacial score (nSPS) is 32.5. The molecule has 1 unspecified atom stereocenters. The summed E-state index contributed by atoms with van der Waals surface area (Å²) in [6.45, 7) is 8.58. The minimum absolute atomic E-state index is 0.0308. The largest absolute Gasteiger partial charge is 0.350 e. The van der Waals surface area contributed by atoms with Crippen molar-refractivity contribution in [1.29, 1.82) is 0 Å². The van der Waals surface area contributed by atoms with Gasteiger partial charge < -0.3 is 10.2 Å². The summed E-state index contributed by atoms with van der Waals surface area (Å²) >= 11 is 0. The second-order valence-electron chi connectivity index (χ2n) is 11.3. The molecular formula is C28H41N3O2. The third-order valence-corrected chi connectivity index (χ3v) is 9.17. The monoisotopic (exact) mass is 451 g/mol. The molecule has 1 aromatic rings. The lowest BCUT2D eigenvalue weighted by Crippen LogP contribution is -2.57. The molecule has 4 aliphatic carbocycles. The third kappa shape index (κ3) is 4.45. The molecule has 2 amide bonds. The predicted molar refractivity (Wildman–Crippen MR) is 130 cm³/mol. The number of amides is 2. The van der Waals surface area contributed by atoms with Crippen molar-refractivity contribution in [2.75, 3.05) is 19.6 Å². The Morgan fingerprint density at radius 3 is 2.21 bits per heavy atom. The number of carbonyl (C=O) groups excluding carboxylic acids is 2. The zero-order chi connectivity index (χ0) is 23.0. The number of rotatable bonds is 8. The fraction of sp³-hybridized carbons (Fsp3) is 0.714. The Morgan fingerprint density at radius 1 is 1.00 bits per heavy atom. The van der Waals surface area contributed by atoms with Crippen LogP contribution < -0.4 is 5.32 Å². The summed E-state index contributed by atoms with van der Waals surface area (Å²) in [6.07, 6.45) is 8.96. The van der Waals surface area contributed by atoms with Gasteiger partial charge in [-0.2, -0.15) is 0 Å². The zero-order valence-corrected chi connectivity index (χ0v) is 20.5. The van der Waals surface area contributed by atoms with E-state index in [1.165, 1.54) is 30.4 Å². The van der Waals surface area contributed by atoms with E-state index in [4.69, 9.17) is 0 Å². The average Bonchev–Trinajstić information content (AvgIpc) is 3.30. The highest BCUT2D eigenvalue weighted by Gasteiger charge is 2.56. The summed E-state index contributed by atoms with van der Waals surface area (Å²) in [6, 6.07) is 8.11. The Bertz CT molecular complexity index is 842.